The Labute approximate surface area is 129 Å². The monoisotopic (exact) mass is 309 g/mol. The lowest BCUT2D eigenvalue weighted by atomic mass is 10.1. The fourth-order valence-electron chi connectivity index (χ4n) is 2.06. The molecular formula is C16H17Cl2NO. The molecular weight excluding hydrogens is 293 g/mol. The number of para-hydroxylation sites is 1. The zero-order chi connectivity index (χ0) is 14.5. The van der Waals surface area contributed by atoms with Crippen LogP contribution in [0.1, 0.15) is 18.1 Å². The van der Waals surface area contributed by atoms with Crippen molar-refractivity contribution in [2.75, 3.05) is 18.5 Å². The fraction of sp³-hybridized carbons (Fsp3) is 0.250. The van der Waals surface area contributed by atoms with Crippen molar-refractivity contribution >= 4 is 28.9 Å². The average molecular weight is 310 g/mol. The van der Waals surface area contributed by atoms with E-state index < -0.39 is 6.10 Å². The molecule has 1 atom stereocenters. The maximum atomic E-state index is 10.3. The minimum Gasteiger partial charge on any atom is -0.388 e. The summed E-state index contributed by atoms with van der Waals surface area (Å²) in [4.78, 5) is 2.10. The van der Waals surface area contributed by atoms with Crippen LogP contribution in [0.3, 0.4) is 0 Å². The Balaban J connectivity index is 1.99. The van der Waals surface area contributed by atoms with Crippen LogP contribution in [0.5, 0.6) is 0 Å². The number of halogens is 2. The van der Waals surface area contributed by atoms with Crippen molar-refractivity contribution in [1.29, 1.82) is 0 Å². The van der Waals surface area contributed by atoms with Gasteiger partial charge < -0.3 is 10.0 Å². The van der Waals surface area contributed by atoms with Crippen molar-refractivity contribution in [1.82, 2.24) is 0 Å². The Morgan fingerprint density at radius 3 is 2.45 bits per heavy atom. The number of anilines is 1. The minimum atomic E-state index is -0.618. The second kappa shape index (κ2) is 6.98. The predicted molar refractivity (Wildman–Crippen MR) is 85.8 cm³/mol. The molecule has 2 aromatic rings. The van der Waals surface area contributed by atoms with Crippen LogP contribution in [0.15, 0.2) is 48.5 Å². The predicted octanol–water partition coefficient (Wildman–Crippen LogP) is 4.55. The first-order chi connectivity index (χ1) is 9.59. The Kier molecular flexibility index (Phi) is 5.30. The van der Waals surface area contributed by atoms with Gasteiger partial charge in [0, 0.05) is 24.8 Å². The van der Waals surface area contributed by atoms with Gasteiger partial charge in [0.25, 0.3) is 0 Å². The van der Waals surface area contributed by atoms with Crippen molar-refractivity contribution in [3.63, 3.8) is 0 Å². The lowest BCUT2D eigenvalue weighted by molar-refractivity contribution is 0.170. The highest BCUT2D eigenvalue weighted by Gasteiger charge is 2.14. The lowest BCUT2D eigenvalue weighted by Crippen LogP contribution is -2.20. The summed E-state index contributed by atoms with van der Waals surface area (Å²) in [6, 6.07) is 15.4. The highest BCUT2D eigenvalue weighted by atomic mass is 35.5. The van der Waals surface area contributed by atoms with E-state index in [0.717, 1.165) is 12.2 Å². The molecule has 0 aliphatic carbocycles. The Morgan fingerprint density at radius 2 is 1.75 bits per heavy atom. The van der Waals surface area contributed by atoms with E-state index in [-0.39, 0.29) is 0 Å². The third kappa shape index (κ3) is 3.66. The average Bonchev–Trinajstić information content (AvgIpc) is 2.48. The van der Waals surface area contributed by atoms with E-state index in [1.165, 1.54) is 0 Å². The third-order valence-electron chi connectivity index (χ3n) is 3.28. The van der Waals surface area contributed by atoms with Crippen LogP contribution in [0.2, 0.25) is 10.0 Å². The molecule has 1 unspecified atom stereocenters. The van der Waals surface area contributed by atoms with E-state index >= 15 is 0 Å². The maximum absolute atomic E-state index is 10.3. The molecule has 0 bridgehead atoms. The molecule has 2 rings (SSSR count). The smallest absolute Gasteiger partial charge is 0.0821 e. The van der Waals surface area contributed by atoms with Crippen LogP contribution in [0.4, 0.5) is 5.69 Å². The number of aliphatic hydroxyl groups is 1. The van der Waals surface area contributed by atoms with Gasteiger partial charge in [0.1, 0.15) is 0 Å². The summed E-state index contributed by atoms with van der Waals surface area (Å²) >= 11 is 12.1. The van der Waals surface area contributed by atoms with E-state index in [4.69, 9.17) is 23.2 Å². The van der Waals surface area contributed by atoms with Gasteiger partial charge in [-0.2, -0.15) is 0 Å². The number of hydrogen-bond donors (Lipinski definition) is 1. The summed E-state index contributed by atoms with van der Waals surface area (Å²) in [5.41, 5.74) is 1.80. The van der Waals surface area contributed by atoms with Crippen LogP contribution in [-0.4, -0.2) is 18.7 Å². The van der Waals surface area contributed by atoms with E-state index in [1.807, 2.05) is 37.4 Å². The van der Waals surface area contributed by atoms with Crippen LogP contribution in [0.25, 0.3) is 0 Å². The lowest BCUT2D eigenvalue weighted by Gasteiger charge is -2.21. The number of benzene rings is 2. The van der Waals surface area contributed by atoms with Crippen LogP contribution < -0.4 is 4.90 Å². The second-order valence-corrected chi connectivity index (χ2v) is 5.49. The first-order valence-corrected chi connectivity index (χ1v) is 7.23. The molecule has 1 N–H and O–H groups in total. The molecule has 0 radical (unpaired) electrons. The van der Waals surface area contributed by atoms with Gasteiger partial charge in [-0.05, 0) is 24.6 Å². The Bertz CT molecular complexity index is 560. The fourth-order valence-corrected chi connectivity index (χ4v) is 2.49. The van der Waals surface area contributed by atoms with Gasteiger partial charge in [0.15, 0.2) is 0 Å². The number of rotatable bonds is 5. The van der Waals surface area contributed by atoms with Gasteiger partial charge in [0.05, 0.1) is 16.1 Å². The zero-order valence-electron chi connectivity index (χ0n) is 11.3. The van der Waals surface area contributed by atoms with E-state index in [9.17, 15) is 5.11 Å². The van der Waals surface area contributed by atoms with Gasteiger partial charge in [-0.1, -0.05) is 53.5 Å². The molecule has 2 aromatic carbocycles. The normalized spacial score (nSPS) is 12.2. The Morgan fingerprint density at radius 1 is 1.05 bits per heavy atom. The minimum absolute atomic E-state index is 0.434. The summed E-state index contributed by atoms with van der Waals surface area (Å²) in [5, 5.41) is 11.2. The Hall–Kier alpha value is -1.22. The summed E-state index contributed by atoms with van der Waals surface area (Å²) in [7, 11) is 2.00. The highest BCUT2D eigenvalue weighted by molar-refractivity contribution is 6.42. The molecule has 0 heterocycles. The summed E-state index contributed by atoms with van der Waals surface area (Å²) in [5.74, 6) is 0. The highest BCUT2D eigenvalue weighted by Crippen LogP contribution is 2.31. The first-order valence-electron chi connectivity index (χ1n) is 6.47. The van der Waals surface area contributed by atoms with Crippen molar-refractivity contribution in [3.05, 3.63) is 64.1 Å². The van der Waals surface area contributed by atoms with Gasteiger partial charge in [0.2, 0.25) is 0 Å². The number of hydrogen-bond acceptors (Lipinski definition) is 2. The molecule has 20 heavy (non-hydrogen) atoms. The number of nitrogens with zero attached hydrogens (tertiary/aromatic N) is 1. The largest absolute Gasteiger partial charge is 0.388 e. The first kappa shape index (κ1) is 15.2. The van der Waals surface area contributed by atoms with Crippen LogP contribution >= 0.6 is 23.2 Å². The maximum Gasteiger partial charge on any atom is 0.0821 e. The quantitative estimate of drug-likeness (QED) is 0.875. The van der Waals surface area contributed by atoms with E-state index in [0.29, 0.717) is 22.0 Å². The van der Waals surface area contributed by atoms with E-state index in [1.54, 1.807) is 18.2 Å². The van der Waals surface area contributed by atoms with Crippen molar-refractivity contribution in [3.8, 4) is 0 Å². The van der Waals surface area contributed by atoms with Crippen molar-refractivity contribution in [2.45, 2.75) is 12.5 Å². The van der Waals surface area contributed by atoms with Crippen LogP contribution in [0, 0.1) is 0 Å². The molecule has 0 saturated carbocycles. The topological polar surface area (TPSA) is 23.5 Å². The molecule has 0 amide bonds. The molecule has 0 aliphatic rings. The molecule has 0 saturated heterocycles. The summed E-state index contributed by atoms with van der Waals surface area (Å²) in [6.07, 6.45) is -0.0294. The van der Waals surface area contributed by atoms with Crippen molar-refractivity contribution < 1.29 is 5.11 Å². The van der Waals surface area contributed by atoms with Crippen molar-refractivity contribution in [2.24, 2.45) is 0 Å². The molecule has 0 fully saturated rings. The molecule has 4 heteroatoms. The SMILES string of the molecule is CN(CCC(O)c1cccc(Cl)c1Cl)c1ccccc1. The molecule has 2 nitrogen and oxygen atoms in total. The molecule has 0 aromatic heterocycles. The summed E-state index contributed by atoms with van der Waals surface area (Å²) < 4.78 is 0. The standard InChI is InChI=1S/C16H17Cl2NO/c1-19(12-6-3-2-4-7-12)11-10-15(20)13-8-5-9-14(17)16(13)18/h2-9,15,20H,10-11H2,1H3. The second-order valence-electron chi connectivity index (χ2n) is 4.70. The molecule has 106 valence electrons. The molecule has 0 spiro atoms. The van der Waals surface area contributed by atoms with Gasteiger partial charge in [-0.15, -0.1) is 0 Å². The number of aliphatic hydroxyl groups excluding tert-OH is 1. The van der Waals surface area contributed by atoms with Gasteiger partial charge in [-0.3, -0.25) is 0 Å². The van der Waals surface area contributed by atoms with Gasteiger partial charge in [-0.25, -0.2) is 0 Å². The van der Waals surface area contributed by atoms with E-state index in [2.05, 4.69) is 4.90 Å². The molecule has 0 aliphatic heterocycles. The zero-order valence-corrected chi connectivity index (χ0v) is 12.8. The summed E-state index contributed by atoms with van der Waals surface area (Å²) in [6.45, 7) is 0.730. The van der Waals surface area contributed by atoms with Crippen LogP contribution in [-0.2, 0) is 0 Å². The third-order valence-corrected chi connectivity index (χ3v) is 4.11. The van der Waals surface area contributed by atoms with Gasteiger partial charge >= 0.3 is 0 Å².